The third-order valence-corrected chi connectivity index (χ3v) is 3.47. The van der Waals surface area contributed by atoms with Gasteiger partial charge in [0.1, 0.15) is 18.4 Å². The van der Waals surface area contributed by atoms with Crippen LogP contribution in [0.15, 0.2) is 29.6 Å². The summed E-state index contributed by atoms with van der Waals surface area (Å²) in [6.07, 6.45) is 4.78. The number of piperidine rings is 1. The minimum Gasteiger partial charge on any atom is -0.392 e. The second-order valence-corrected chi connectivity index (χ2v) is 5.27. The molecule has 0 bridgehead atoms. The maximum absolute atomic E-state index is 9.89. The molecule has 0 aliphatic carbocycles. The van der Waals surface area contributed by atoms with Gasteiger partial charge >= 0.3 is 0 Å². The van der Waals surface area contributed by atoms with Crippen LogP contribution in [0.25, 0.3) is 0 Å². The molecule has 0 saturated carbocycles. The summed E-state index contributed by atoms with van der Waals surface area (Å²) in [4.78, 5) is 11.4. The summed E-state index contributed by atoms with van der Waals surface area (Å²) < 4.78 is 0. The third kappa shape index (κ3) is 5.07. The van der Waals surface area contributed by atoms with Crippen molar-refractivity contribution in [1.29, 1.82) is 0 Å². The van der Waals surface area contributed by atoms with Crippen molar-refractivity contribution >= 4 is 16.8 Å². The van der Waals surface area contributed by atoms with Crippen molar-refractivity contribution in [2.45, 2.75) is 25.4 Å². The molecule has 1 saturated heterocycles. The number of hydrogen-bond donors (Lipinski definition) is 1. The lowest BCUT2D eigenvalue weighted by Gasteiger charge is -2.27. The van der Waals surface area contributed by atoms with Gasteiger partial charge in [-0.1, -0.05) is 29.2 Å². The number of aliphatic hydroxyl groups excluding tert-OH is 1. The first-order valence-electron chi connectivity index (χ1n) is 6.93. The van der Waals surface area contributed by atoms with Crippen LogP contribution < -0.4 is 0 Å². The van der Waals surface area contributed by atoms with Crippen molar-refractivity contribution in [2.75, 3.05) is 26.2 Å². The normalized spacial score (nSPS) is 18.8. The van der Waals surface area contributed by atoms with E-state index in [4.69, 9.17) is 16.4 Å². The average molecular weight is 298 g/mol. The minimum absolute atomic E-state index is 0.138. The van der Waals surface area contributed by atoms with E-state index < -0.39 is 6.10 Å². The fraction of sp³-hybridized carbons (Fsp3) is 0.571. The number of pyridine rings is 1. The molecule has 1 atom stereocenters. The molecule has 0 aromatic carbocycles. The number of aliphatic hydroxyl groups is 1. The standard InChI is InChI=1S/C14H20ClN3O2/c15-14(13-6-2-3-7-16-13)17-20-11-12(19)10-18-8-4-1-5-9-18/h2-3,6-7,12,19H,1,4-5,8-11H2. The highest BCUT2D eigenvalue weighted by molar-refractivity contribution is 6.69. The molecule has 0 amide bonds. The van der Waals surface area contributed by atoms with Gasteiger partial charge in [-0.05, 0) is 38.1 Å². The first kappa shape index (κ1) is 15.2. The maximum Gasteiger partial charge on any atom is 0.194 e. The Hall–Kier alpha value is -1.17. The second kappa shape index (κ2) is 8.19. The highest BCUT2D eigenvalue weighted by atomic mass is 35.5. The van der Waals surface area contributed by atoms with Crippen LogP contribution in [0, 0.1) is 0 Å². The predicted molar refractivity (Wildman–Crippen MR) is 78.9 cm³/mol. The van der Waals surface area contributed by atoms with Crippen LogP contribution in [-0.2, 0) is 4.84 Å². The number of likely N-dealkylation sites (tertiary alicyclic amines) is 1. The van der Waals surface area contributed by atoms with Gasteiger partial charge in [-0.3, -0.25) is 4.98 Å². The molecule has 1 fully saturated rings. The van der Waals surface area contributed by atoms with E-state index in [0.29, 0.717) is 12.2 Å². The summed E-state index contributed by atoms with van der Waals surface area (Å²) in [5.74, 6) is 0. The molecule has 1 aliphatic heterocycles. The molecule has 0 spiro atoms. The smallest absolute Gasteiger partial charge is 0.194 e. The molecule has 0 radical (unpaired) electrons. The largest absolute Gasteiger partial charge is 0.392 e. The van der Waals surface area contributed by atoms with Crippen molar-refractivity contribution in [3.63, 3.8) is 0 Å². The Labute approximate surface area is 124 Å². The molecule has 2 heterocycles. The molecule has 2 rings (SSSR count). The Morgan fingerprint density at radius 3 is 2.90 bits per heavy atom. The number of oxime groups is 1. The Morgan fingerprint density at radius 1 is 1.40 bits per heavy atom. The van der Waals surface area contributed by atoms with E-state index in [1.807, 2.05) is 6.07 Å². The van der Waals surface area contributed by atoms with Gasteiger partial charge in [-0.25, -0.2) is 0 Å². The fourth-order valence-corrected chi connectivity index (χ4v) is 2.36. The topological polar surface area (TPSA) is 58.0 Å². The van der Waals surface area contributed by atoms with Crippen molar-refractivity contribution in [1.82, 2.24) is 9.88 Å². The van der Waals surface area contributed by atoms with Crippen LogP contribution >= 0.6 is 11.6 Å². The van der Waals surface area contributed by atoms with Gasteiger partial charge in [0.15, 0.2) is 5.17 Å². The molecule has 1 aromatic rings. The number of β-amino-alcohol motifs (C(OH)–C–C–N with tert-alkyl or cyclic N) is 1. The zero-order valence-electron chi connectivity index (χ0n) is 11.4. The van der Waals surface area contributed by atoms with Crippen LogP contribution in [0.5, 0.6) is 0 Å². The highest BCUT2D eigenvalue weighted by Crippen LogP contribution is 2.09. The lowest BCUT2D eigenvalue weighted by molar-refractivity contribution is 0.0161. The number of halogens is 1. The van der Waals surface area contributed by atoms with Crippen molar-refractivity contribution in [2.24, 2.45) is 5.16 Å². The predicted octanol–water partition coefficient (Wildman–Crippen LogP) is 1.85. The first-order valence-corrected chi connectivity index (χ1v) is 7.31. The molecule has 20 heavy (non-hydrogen) atoms. The van der Waals surface area contributed by atoms with Crippen molar-refractivity contribution < 1.29 is 9.94 Å². The Morgan fingerprint density at radius 2 is 2.20 bits per heavy atom. The van der Waals surface area contributed by atoms with Crippen LogP contribution in [0.1, 0.15) is 25.0 Å². The maximum atomic E-state index is 9.89. The van der Waals surface area contributed by atoms with E-state index in [1.165, 1.54) is 19.3 Å². The molecule has 1 N–H and O–H groups in total. The van der Waals surface area contributed by atoms with E-state index in [9.17, 15) is 5.11 Å². The van der Waals surface area contributed by atoms with Gasteiger partial charge in [0.05, 0.1) is 0 Å². The Kier molecular flexibility index (Phi) is 6.24. The molecule has 1 aliphatic rings. The molecule has 6 heteroatoms. The second-order valence-electron chi connectivity index (χ2n) is 4.91. The quantitative estimate of drug-likeness (QED) is 0.643. The summed E-state index contributed by atoms with van der Waals surface area (Å²) in [6.45, 7) is 2.86. The van der Waals surface area contributed by atoms with Gasteiger partial charge in [-0.15, -0.1) is 0 Å². The SMILES string of the molecule is OC(CON=C(Cl)c1ccccn1)CN1CCCCC1. The molecule has 5 nitrogen and oxygen atoms in total. The van der Waals surface area contributed by atoms with Crippen molar-refractivity contribution in [3.05, 3.63) is 30.1 Å². The number of nitrogens with zero attached hydrogens (tertiary/aromatic N) is 3. The van der Waals surface area contributed by atoms with Gasteiger partial charge in [-0.2, -0.15) is 0 Å². The highest BCUT2D eigenvalue weighted by Gasteiger charge is 2.15. The molecule has 1 aromatic heterocycles. The average Bonchev–Trinajstić information content (AvgIpc) is 2.49. The van der Waals surface area contributed by atoms with Gasteiger partial charge in [0, 0.05) is 12.7 Å². The zero-order chi connectivity index (χ0) is 14.2. The molecular weight excluding hydrogens is 278 g/mol. The summed E-state index contributed by atoms with van der Waals surface area (Å²) >= 11 is 5.95. The number of hydrogen-bond acceptors (Lipinski definition) is 5. The Bertz CT molecular complexity index is 422. The van der Waals surface area contributed by atoms with Crippen LogP contribution in [0.4, 0.5) is 0 Å². The van der Waals surface area contributed by atoms with E-state index in [0.717, 1.165) is 13.1 Å². The molecule has 1 unspecified atom stereocenters. The molecular formula is C14H20ClN3O2. The number of rotatable bonds is 6. The van der Waals surface area contributed by atoms with Crippen LogP contribution in [0.3, 0.4) is 0 Å². The van der Waals surface area contributed by atoms with Gasteiger partial charge in [0.25, 0.3) is 0 Å². The summed E-state index contributed by atoms with van der Waals surface area (Å²) in [5.41, 5.74) is 0.555. The van der Waals surface area contributed by atoms with E-state index in [-0.39, 0.29) is 11.8 Å². The fourth-order valence-electron chi connectivity index (χ4n) is 2.20. The van der Waals surface area contributed by atoms with Crippen LogP contribution in [-0.4, -0.2) is 52.5 Å². The van der Waals surface area contributed by atoms with E-state index in [2.05, 4.69) is 15.0 Å². The summed E-state index contributed by atoms with van der Waals surface area (Å²) in [7, 11) is 0. The van der Waals surface area contributed by atoms with E-state index >= 15 is 0 Å². The van der Waals surface area contributed by atoms with E-state index in [1.54, 1.807) is 18.3 Å². The van der Waals surface area contributed by atoms with Crippen molar-refractivity contribution in [3.8, 4) is 0 Å². The monoisotopic (exact) mass is 297 g/mol. The molecule has 110 valence electrons. The first-order chi connectivity index (χ1) is 9.75. The van der Waals surface area contributed by atoms with Gasteiger partial charge < -0.3 is 14.8 Å². The van der Waals surface area contributed by atoms with Gasteiger partial charge in [0.2, 0.25) is 0 Å². The summed E-state index contributed by atoms with van der Waals surface area (Å²) in [6, 6.07) is 5.38. The minimum atomic E-state index is -0.551. The lowest BCUT2D eigenvalue weighted by Crippen LogP contribution is -2.38. The Balaban J connectivity index is 1.71. The van der Waals surface area contributed by atoms with Crippen LogP contribution in [0.2, 0.25) is 0 Å². The third-order valence-electron chi connectivity index (χ3n) is 3.21. The summed E-state index contributed by atoms with van der Waals surface area (Å²) in [5, 5.41) is 13.8. The number of aromatic nitrogens is 1. The zero-order valence-corrected chi connectivity index (χ0v) is 12.2. The lowest BCUT2D eigenvalue weighted by atomic mass is 10.1.